The number of carbonyl (C=O) groups is 1. The summed E-state index contributed by atoms with van der Waals surface area (Å²) in [6, 6.07) is 9.39. The second kappa shape index (κ2) is 8.62. The van der Waals surface area contributed by atoms with Gasteiger partial charge in [-0.05, 0) is 81.1 Å². The number of carbonyl (C=O) groups excluding carboxylic acids is 1. The molecule has 3 rings (SSSR count). The van der Waals surface area contributed by atoms with E-state index >= 15 is 0 Å². The molecule has 25 heavy (non-hydrogen) atoms. The van der Waals surface area contributed by atoms with Gasteiger partial charge in [-0.25, -0.2) is 0 Å². The topological polar surface area (TPSA) is 63.2 Å². The van der Waals surface area contributed by atoms with E-state index < -0.39 is 0 Å². The monoisotopic (exact) mass is 339 g/mol. The van der Waals surface area contributed by atoms with Crippen LogP contribution in [-0.4, -0.2) is 24.0 Å². The van der Waals surface area contributed by atoms with Gasteiger partial charge >= 0.3 is 0 Å². The number of anilines is 1. The first-order valence-electron chi connectivity index (χ1n) is 8.90. The highest BCUT2D eigenvalue weighted by molar-refractivity contribution is 5.90. The molecule has 1 aromatic carbocycles. The fourth-order valence-electron chi connectivity index (χ4n) is 3.11. The predicted octanol–water partition coefficient (Wildman–Crippen LogP) is 3.90. The van der Waals surface area contributed by atoms with E-state index in [0.29, 0.717) is 18.1 Å². The summed E-state index contributed by atoms with van der Waals surface area (Å²) in [7, 11) is 0. The minimum absolute atomic E-state index is 0.0823. The van der Waals surface area contributed by atoms with Crippen LogP contribution in [0.1, 0.15) is 31.2 Å². The van der Waals surface area contributed by atoms with Crippen LogP contribution in [-0.2, 0) is 4.79 Å². The van der Waals surface area contributed by atoms with Crippen LogP contribution in [0.3, 0.4) is 0 Å². The van der Waals surface area contributed by atoms with Crippen molar-refractivity contribution < 1.29 is 9.53 Å². The fourth-order valence-corrected chi connectivity index (χ4v) is 3.11. The van der Waals surface area contributed by atoms with Gasteiger partial charge in [-0.3, -0.25) is 9.78 Å². The molecular formula is C20H25N3O2. The average Bonchev–Trinajstić information content (AvgIpc) is 2.64. The molecule has 2 N–H and O–H groups in total. The Morgan fingerprint density at radius 1 is 1.32 bits per heavy atom. The molecule has 5 nitrogen and oxygen atoms in total. The summed E-state index contributed by atoms with van der Waals surface area (Å²) in [6.45, 7) is 4.12. The Labute approximate surface area is 148 Å². The van der Waals surface area contributed by atoms with Gasteiger partial charge in [0.1, 0.15) is 11.5 Å². The van der Waals surface area contributed by atoms with Crippen LogP contribution in [0.25, 0.3) is 0 Å². The Hall–Kier alpha value is -2.40. The minimum atomic E-state index is 0.0823. The maximum atomic E-state index is 12.2. The van der Waals surface area contributed by atoms with Gasteiger partial charge in [-0.15, -0.1) is 0 Å². The number of aromatic nitrogens is 1. The smallest absolute Gasteiger partial charge is 0.224 e. The fraction of sp³-hybridized carbons (Fsp3) is 0.400. The molecule has 5 heteroatoms. The Bertz CT molecular complexity index is 697. The van der Waals surface area contributed by atoms with Crippen LogP contribution >= 0.6 is 0 Å². The number of nitrogens with one attached hydrogen (secondary N) is 2. The van der Waals surface area contributed by atoms with Gasteiger partial charge in [0.05, 0.1) is 6.20 Å². The Morgan fingerprint density at radius 3 is 2.88 bits per heavy atom. The van der Waals surface area contributed by atoms with Crippen LogP contribution in [0, 0.1) is 12.8 Å². The summed E-state index contributed by atoms with van der Waals surface area (Å²) in [5.74, 6) is 2.22. The number of amides is 1. The van der Waals surface area contributed by atoms with Crippen molar-refractivity contribution in [2.24, 2.45) is 5.92 Å². The summed E-state index contributed by atoms with van der Waals surface area (Å²) in [6.07, 6.45) is 7.28. The third-order valence-electron chi connectivity index (χ3n) is 4.56. The normalized spacial score (nSPS) is 14.9. The molecule has 1 aromatic heterocycles. The Morgan fingerprint density at radius 2 is 2.16 bits per heavy atom. The number of ether oxygens (including phenoxy) is 1. The SMILES string of the molecule is Cc1cc(NC(=O)CCC2CCNCC2)ccc1Oc1cccnc1. The molecule has 132 valence electrons. The molecule has 0 atom stereocenters. The van der Waals surface area contributed by atoms with Gasteiger partial charge in [0.2, 0.25) is 5.91 Å². The first-order valence-corrected chi connectivity index (χ1v) is 8.90. The molecule has 0 aliphatic carbocycles. The van der Waals surface area contributed by atoms with E-state index in [0.717, 1.165) is 36.5 Å². The van der Waals surface area contributed by atoms with Crippen molar-refractivity contribution in [3.8, 4) is 11.5 Å². The molecule has 0 unspecified atom stereocenters. The number of piperidine rings is 1. The lowest BCUT2D eigenvalue weighted by molar-refractivity contribution is -0.116. The summed E-state index contributed by atoms with van der Waals surface area (Å²) in [4.78, 5) is 16.2. The lowest BCUT2D eigenvalue weighted by atomic mass is 9.93. The molecule has 1 fully saturated rings. The van der Waals surface area contributed by atoms with Crippen LogP contribution in [0.4, 0.5) is 5.69 Å². The van der Waals surface area contributed by atoms with Crippen molar-refractivity contribution in [1.82, 2.24) is 10.3 Å². The largest absolute Gasteiger partial charge is 0.455 e. The highest BCUT2D eigenvalue weighted by atomic mass is 16.5. The molecule has 1 saturated heterocycles. The van der Waals surface area contributed by atoms with E-state index in [1.54, 1.807) is 12.4 Å². The summed E-state index contributed by atoms with van der Waals surface area (Å²) in [5.41, 5.74) is 1.78. The first kappa shape index (κ1) is 17.4. The van der Waals surface area contributed by atoms with Crippen molar-refractivity contribution in [3.63, 3.8) is 0 Å². The molecule has 1 aliphatic heterocycles. The van der Waals surface area contributed by atoms with Gasteiger partial charge in [0.25, 0.3) is 0 Å². The van der Waals surface area contributed by atoms with Crippen molar-refractivity contribution in [3.05, 3.63) is 48.3 Å². The van der Waals surface area contributed by atoms with Crippen molar-refractivity contribution in [1.29, 1.82) is 0 Å². The van der Waals surface area contributed by atoms with Crippen molar-refractivity contribution in [2.75, 3.05) is 18.4 Å². The number of benzene rings is 1. The summed E-state index contributed by atoms with van der Waals surface area (Å²) in [5, 5.41) is 6.35. The number of hydrogen-bond donors (Lipinski definition) is 2. The average molecular weight is 339 g/mol. The van der Waals surface area contributed by atoms with Gasteiger partial charge in [-0.2, -0.15) is 0 Å². The lowest BCUT2D eigenvalue weighted by Gasteiger charge is -2.22. The highest BCUT2D eigenvalue weighted by Gasteiger charge is 2.14. The number of aryl methyl sites for hydroxylation is 1. The zero-order chi connectivity index (χ0) is 17.5. The summed E-state index contributed by atoms with van der Waals surface area (Å²) >= 11 is 0. The van der Waals surface area contributed by atoms with Crippen LogP contribution in [0.2, 0.25) is 0 Å². The first-order chi connectivity index (χ1) is 12.2. The lowest BCUT2D eigenvalue weighted by Crippen LogP contribution is -2.28. The van der Waals surface area contributed by atoms with Crippen LogP contribution in [0.5, 0.6) is 11.5 Å². The molecule has 0 saturated carbocycles. The van der Waals surface area contributed by atoms with E-state index in [1.165, 1.54) is 12.8 Å². The van der Waals surface area contributed by atoms with Crippen molar-refractivity contribution in [2.45, 2.75) is 32.6 Å². The number of hydrogen-bond acceptors (Lipinski definition) is 4. The van der Waals surface area contributed by atoms with E-state index in [2.05, 4.69) is 15.6 Å². The zero-order valence-electron chi connectivity index (χ0n) is 14.6. The van der Waals surface area contributed by atoms with Gasteiger partial charge in [0, 0.05) is 18.3 Å². The molecule has 2 aromatic rings. The van der Waals surface area contributed by atoms with E-state index in [1.807, 2.05) is 37.3 Å². The molecule has 1 aliphatic rings. The Balaban J connectivity index is 1.52. The number of rotatable bonds is 6. The maximum Gasteiger partial charge on any atom is 0.224 e. The standard InChI is InChI=1S/C20H25N3O2/c1-15-13-17(5-6-19(15)25-18-3-2-10-22-14-18)23-20(24)7-4-16-8-11-21-12-9-16/h2-3,5-6,10,13-14,16,21H,4,7-9,11-12H2,1H3,(H,23,24). The number of nitrogens with zero attached hydrogens (tertiary/aromatic N) is 1. The third kappa shape index (κ3) is 5.29. The third-order valence-corrected chi connectivity index (χ3v) is 4.56. The highest BCUT2D eigenvalue weighted by Crippen LogP contribution is 2.27. The second-order valence-corrected chi connectivity index (χ2v) is 6.55. The molecule has 0 radical (unpaired) electrons. The quantitative estimate of drug-likeness (QED) is 0.838. The molecule has 2 heterocycles. The minimum Gasteiger partial charge on any atom is -0.455 e. The van der Waals surface area contributed by atoms with Crippen LogP contribution in [0.15, 0.2) is 42.7 Å². The molecular weight excluding hydrogens is 314 g/mol. The molecule has 0 bridgehead atoms. The van der Waals surface area contributed by atoms with E-state index in [-0.39, 0.29) is 5.91 Å². The summed E-state index contributed by atoms with van der Waals surface area (Å²) < 4.78 is 5.81. The Kier molecular flexibility index (Phi) is 6.01. The molecule has 1 amide bonds. The van der Waals surface area contributed by atoms with Gasteiger partial charge < -0.3 is 15.4 Å². The van der Waals surface area contributed by atoms with E-state index in [9.17, 15) is 4.79 Å². The second-order valence-electron chi connectivity index (χ2n) is 6.55. The zero-order valence-corrected chi connectivity index (χ0v) is 14.6. The maximum absolute atomic E-state index is 12.2. The van der Waals surface area contributed by atoms with Crippen LogP contribution < -0.4 is 15.4 Å². The molecule has 0 spiro atoms. The predicted molar refractivity (Wildman–Crippen MR) is 98.9 cm³/mol. The van der Waals surface area contributed by atoms with E-state index in [4.69, 9.17) is 4.74 Å². The van der Waals surface area contributed by atoms with Gasteiger partial charge in [0.15, 0.2) is 0 Å². The number of pyridine rings is 1. The van der Waals surface area contributed by atoms with Crippen molar-refractivity contribution >= 4 is 11.6 Å². The van der Waals surface area contributed by atoms with Gasteiger partial charge in [-0.1, -0.05) is 0 Å².